The monoisotopic (exact) mass is 346 g/mol. The predicted octanol–water partition coefficient (Wildman–Crippen LogP) is 2.83. The van der Waals surface area contributed by atoms with Crippen LogP contribution in [0.1, 0.15) is 0 Å². The van der Waals surface area contributed by atoms with E-state index >= 15 is 0 Å². The number of benzene rings is 2. The molecule has 110 valence electrons. The van der Waals surface area contributed by atoms with Gasteiger partial charge in [0, 0.05) is 0 Å². The zero-order valence-electron chi connectivity index (χ0n) is 9.68. The van der Waals surface area contributed by atoms with Crippen molar-refractivity contribution < 1.29 is 54.3 Å². The summed E-state index contributed by atoms with van der Waals surface area (Å²) in [5.41, 5.74) is 0. The van der Waals surface area contributed by atoms with Crippen molar-refractivity contribution in [2.75, 3.05) is 0 Å². The second-order valence-corrected chi connectivity index (χ2v) is 5.76. The summed E-state index contributed by atoms with van der Waals surface area (Å²) < 4.78 is 103. The predicted molar refractivity (Wildman–Crippen MR) is 51.8 cm³/mol. The van der Waals surface area contributed by atoms with Gasteiger partial charge in [-0.05, 0) is 0 Å². The Hall–Kier alpha value is -1.41. The molecule has 0 aliphatic rings. The Morgan fingerprint density at radius 3 is 0.952 bits per heavy atom. The van der Waals surface area contributed by atoms with Gasteiger partial charge in [-0.2, -0.15) is 0 Å². The van der Waals surface area contributed by atoms with Crippen LogP contribution in [0.4, 0.5) is 35.1 Å². The zero-order valence-corrected chi connectivity index (χ0v) is 11.2. The van der Waals surface area contributed by atoms with Gasteiger partial charge in [-0.15, -0.1) is 0 Å². The second-order valence-electron chi connectivity index (χ2n) is 3.81. The molecule has 0 radical (unpaired) electrons. The van der Waals surface area contributed by atoms with Gasteiger partial charge < -0.3 is 0 Å². The average molecular weight is 346 g/mol. The van der Waals surface area contributed by atoms with E-state index in [9.17, 15) is 35.1 Å². The molecule has 2 aromatic carbocycles. The average Bonchev–Trinajstić information content (AvgIpc) is 2.42. The first-order chi connectivity index (χ1) is 9.73. The van der Waals surface area contributed by atoms with Gasteiger partial charge in [-0.25, -0.2) is 0 Å². The first-order valence-electron chi connectivity index (χ1n) is 5.17. The molecule has 0 spiro atoms. The van der Waals surface area contributed by atoms with Gasteiger partial charge in [0.25, 0.3) is 0 Å². The van der Waals surface area contributed by atoms with E-state index in [0.29, 0.717) is 0 Å². The SMILES string of the molecule is Fc1cc(F)c(F)[c]([Ti][c]2c(F)c(F)cc(F)c2F)c1F. The summed E-state index contributed by atoms with van der Waals surface area (Å²) >= 11 is -2.75. The fourth-order valence-corrected chi connectivity index (χ4v) is 3.31. The molecule has 0 unspecified atom stereocenters. The van der Waals surface area contributed by atoms with Gasteiger partial charge in [-0.3, -0.25) is 0 Å². The fraction of sp³-hybridized carbons (Fsp3) is 0. The van der Waals surface area contributed by atoms with E-state index in [-0.39, 0.29) is 12.1 Å². The fourth-order valence-electron chi connectivity index (χ4n) is 1.49. The normalized spacial score (nSPS) is 10.9. The molecule has 0 nitrogen and oxygen atoms in total. The Kier molecular flexibility index (Phi) is 4.39. The van der Waals surface area contributed by atoms with Crippen LogP contribution in [0, 0.1) is 46.5 Å². The van der Waals surface area contributed by atoms with Gasteiger partial charge in [0.2, 0.25) is 0 Å². The van der Waals surface area contributed by atoms with Crippen LogP contribution in [0.15, 0.2) is 12.1 Å². The summed E-state index contributed by atoms with van der Waals surface area (Å²) in [6.45, 7) is 0. The van der Waals surface area contributed by atoms with E-state index in [0.717, 1.165) is 0 Å². The standard InChI is InChI=1S/2C6HF4.Ti/c2*7-3-1-4(8)6(10)2-5(3)9;/h2*1H;. The number of hydrogen-bond acceptors (Lipinski definition) is 0. The molecule has 0 fully saturated rings. The molecule has 21 heavy (non-hydrogen) atoms. The van der Waals surface area contributed by atoms with Crippen molar-refractivity contribution in [3.05, 3.63) is 58.7 Å². The summed E-state index contributed by atoms with van der Waals surface area (Å²) in [6, 6.07) is -0.168. The summed E-state index contributed by atoms with van der Waals surface area (Å²) in [5.74, 6) is -14.5. The molecule has 0 aliphatic carbocycles. The molecule has 0 aliphatic heterocycles. The molecule has 0 heterocycles. The van der Waals surface area contributed by atoms with Gasteiger partial charge in [0.05, 0.1) is 0 Å². The topological polar surface area (TPSA) is 0 Å². The molecule has 2 aromatic rings. The van der Waals surface area contributed by atoms with Crippen molar-refractivity contribution in [1.82, 2.24) is 0 Å². The molecule has 0 bridgehead atoms. The van der Waals surface area contributed by atoms with Crippen LogP contribution in [-0.4, -0.2) is 0 Å². The van der Waals surface area contributed by atoms with Crippen LogP contribution in [0.2, 0.25) is 0 Å². The quantitative estimate of drug-likeness (QED) is 0.446. The molecule has 0 atom stereocenters. The van der Waals surface area contributed by atoms with E-state index in [1.807, 2.05) is 0 Å². The van der Waals surface area contributed by atoms with Crippen LogP contribution in [0.5, 0.6) is 0 Å². The molecule has 0 saturated heterocycles. The molecule has 0 amide bonds. The van der Waals surface area contributed by atoms with Crippen molar-refractivity contribution in [3.8, 4) is 0 Å². The first-order valence-corrected chi connectivity index (χ1v) is 6.73. The van der Waals surface area contributed by atoms with Gasteiger partial charge in [0.15, 0.2) is 0 Å². The van der Waals surface area contributed by atoms with Gasteiger partial charge in [-0.1, -0.05) is 0 Å². The van der Waals surface area contributed by atoms with Crippen LogP contribution < -0.4 is 7.74 Å². The van der Waals surface area contributed by atoms with Crippen LogP contribution in [0.3, 0.4) is 0 Å². The molecule has 0 aromatic heterocycles. The number of rotatable bonds is 2. The molecule has 0 N–H and O–H groups in total. The Morgan fingerprint density at radius 2 is 0.714 bits per heavy atom. The first kappa shape index (κ1) is 16.0. The van der Waals surface area contributed by atoms with Crippen molar-refractivity contribution in [1.29, 1.82) is 0 Å². The minimum absolute atomic E-state index is 0.0841. The van der Waals surface area contributed by atoms with Gasteiger partial charge >= 0.3 is 121 Å². The summed E-state index contributed by atoms with van der Waals surface area (Å²) in [4.78, 5) is 0. The summed E-state index contributed by atoms with van der Waals surface area (Å²) in [6.07, 6.45) is 0. The van der Waals surface area contributed by atoms with E-state index in [2.05, 4.69) is 0 Å². The van der Waals surface area contributed by atoms with Crippen LogP contribution >= 0.6 is 0 Å². The Morgan fingerprint density at radius 1 is 0.476 bits per heavy atom. The van der Waals surface area contributed by atoms with E-state index in [1.54, 1.807) is 0 Å². The second kappa shape index (κ2) is 5.77. The van der Waals surface area contributed by atoms with Crippen molar-refractivity contribution >= 4 is 7.74 Å². The van der Waals surface area contributed by atoms with Crippen molar-refractivity contribution in [2.24, 2.45) is 0 Å². The minimum atomic E-state index is -2.75. The maximum absolute atomic E-state index is 13.4. The molecule has 0 saturated carbocycles. The van der Waals surface area contributed by atoms with Crippen molar-refractivity contribution in [3.63, 3.8) is 0 Å². The van der Waals surface area contributed by atoms with E-state index in [4.69, 9.17) is 0 Å². The van der Waals surface area contributed by atoms with Crippen molar-refractivity contribution in [2.45, 2.75) is 0 Å². The molecule has 9 heteroatoms. The maximum atomic E-state index is 13.4. The number of halogens is 8. The Labute approximate surface area is 121 Å². The van der Waals surface area contributed by atoms with Gasteiger partial charge in [0.1, 0.15) is 0 Å². The molecule has 2 rings (SSSR count). The Balaban J connectivity index is 2.64. The van der Waals surface area contributed by atoms with E-state index in [1.165, 1.54) is 0 Å². The Bertz CT molecular complexity index is 614. The summed E-state index contributed by atoms with van der Waals surface area (Å²) in [5, 5.41) is 0. The third kappa shape index (κ3) is 2.82. The number of hydrogen-bond donors (Lipinski definition) is 0. The van der Waals surface area contributed by atoms with Crippen LogP contribution in [0.25, 0.3) is 0 Å². The van der Waals surface area contributed by atoms with Crippen LogP contribution in [-0.2, 0) is 19.2 Å². The zero-order chi connectivity index (χ0) is 15.9. The molecular weight excluding hydrogens is 344 g/mol. The molecular formula is C12H2F8Ti. The third-order valence-electron chi connectivity index (χ3n) is 2.47. The summed E-state index contributed by atoms with van der Waals surface area (Å²) in [7, 11) is 0. The third-order valence-corrected chi connectivity index (χ3v) is 4.63. The van der Waals surface area contributed by atoms with E-state index < -0.39 is 73.4 Å².